The molecule has 1 spiro atoms. The molecule has 0 bridgehead atoms. The van der Waals surface area contributed by atoms with E-state index < -0.39 is 42.4 Å². The average molecular weight is 260 g/mol. The molecule has 1 aliphatic heterocycles. The van der Waals surface area contributed by atoms with Crippen LogP contribution in [0.25, 0.3) is 0 Å². The van der Waals surface area contributed by atoms with Gasteiger partial charge in [-0.3, -0.25) is 0 Å². The zero-order valence-electron chi connectivity index (χ0n) is 10.1. The fourth-order valence-electron chi connectivity index (χ4n) is 3.30. The SMILES string of the molecule is O[C@@H]1[C@@H](O)[C@H](O)[C@H]2OC3(CCCCC3)O[C@@H]2[C@H]1O. The van der Waals surface area contributed by atoms with Crippen molar-refractivity contribution in [1.29, 1.82) is 0 Å². The van der Waals surface area contributed by atoms with Crippen molar-refractivity contribution in [1.82, 2.24) is 0 Å². The number of rotatable bonds is 0. The van der Waals surface area contributed by atoms with E-state index in [2.05, 4.69) is 0 Å². The molecule has 2 aliphatic carbocycles. The van der Waals surface area contributed by atoms with Gasteiger partial charge in [0.15, 0.2) is 5.79 Å². The summed E-state index contributed by atoms with van der Waals surface area (Å²) >= 11 is 0. The van der Waals surface area contributed by atoms with Gasteiger partial charge in [0, 0.05) is 12.8 Å². The Morgan fingerprint density at radius 2 is 1.11 bits per heavy atom. The molecule has 0 aromatic carbocycles. The summed E-state index contributed by atoms with van der Waals surface area (Å²) in [6.07, 6.45) is -2.24. The zero-order valence-corrected chi connectivity index (χ0v) is 10.1. The van der Waals surface area contributed by atoms with Crippen molar-refractivity contribution < 1.29 is 29.9 Å². The molecular formula is C12H20O6. The van der Waals surface area contributed by atoms with Crippen LogP contribution < -0.4 is 0 Å². The highest BCUT2D eigenvalue weighted by molar-refractivity contribution is 5.04. The quantitative estimate of drug-likeness (QED) is 0.441. The normalized spacial score (nSPS) is 51.3. The Kier molecular flexibility index (Phi) is 3.12. The van der Waals surface area contributed by atoms with E-state index in [0.717, 1.165) is 32.1 Å². The zero-order chi connectivity index (χ0) is 12.9. The molecule has 0 aromatic rings. The van der Waals surface area contributed by atoms with Crippen LogP contribution in [0.4, 0.5) is 0 Å². The van der Waals surface area contributed by atoms with Crippen LogP contribution in [-0.2, 0) is 9.47 Å². The van der Waals surface area contributed by atoms with E-state index >= 15 is 0 Å². The van der Waals surface area contributed by atoms with Gasteiger partial charge in [0.25, 0.3) is 0 Å². The Labute approximate surface area is 105 Å². The molecule has 0 radical (unpaired) electrons. The van der Waals surface area contributed by atoms with E-state index in [0.29, 0.717) is 0 Å². The van der Waals surface area contributed by atoms with Crippen LogP contribution in [0.2, 0.25) is 0 Å². The maximum Gasteiger partial charge on any atom is 0.169 e. The van der Waals surface area contributed by atoms with Gasteiger partial charge >= 0.3 is 0 Å². The molecule has 2 saturated carbocycles. The molecule has 1 heterocycles. The highest BCUT2D eigenvalue weighted by Gasteiger charge is 2.59. The monoisotopic (exact) mass is 260 g/mol. The molecule has 4 N–H and O–H groups in total. The Morgan fingerprint density at radius 1 is 0.667 bits per heavy atom. The second kappa shape index (κ2) is 4.40. The van der Waals surface area contributed by atoms with Crippen molar-refractivity contribution in [3.63, 3.8) is 0 Å². The molecule has 18 heavy (non-hydrogen) atoms. The van der Waals surface area contributed by atoms with Gasteiger partial charge in [-0.05, 0) is 12.8 Å². The summed E-state index contributed by atoms with van der Waals surface area (Å²) in [5, 5.41) is 39.2. The summed E-state index contributed by atoms with van der Waals surface area (Å²) in [6, 6.07) is 0. The number of fused-ring (bicyclic) bond motifs is 1. The Morgan fingerprint density at radius 3 is 1.56 bits per heavy atom. The van der Waals surface area contributed by atoms with E-state index in [1.54, 1.807) is 0 Å². The van der Waals surface area contributed by atoms with Crippen molar-refractivity contribution in [2.75, 3.05) is 0 Å². The second-order valence-electron chi connectivity index (χ2n) is 5.60. The van der Waals surface area contributed by atoms with Gasteiger partial charge in [-0.2, -0.15) is 0 Å². The van der Waals surface area contributed by atoms with E-state index in [-0.39, 0.29) is 0 Å². The van der Waals surface area contributed by atoms with Crippen molar-refractivity contribution in [2.45, 2.75) is 74.5 Å². The van der Waals surface area contributed by atoms with Crippen LogP contribution in [0.3, 0.4) is 0 Å². The van der Waals surface area contributed by atoms with Crippen molar-refractivity contribution in [3.05, 3.63) is 0 Å². The lowest BCUT2D eigenvalue weighted by atomic mass is 9.85. The van der Waals surface area contributed by atoms with Crippen LogP contribution in [0.15, 0.2) is 0 Å². The van der Waals surface area contributed by atoms with Crippen LogP contribution in [0, 0.1) is 0 Å². The number of ether oxygens (including phenoxy) is 2. The van der Waals surface area contributed by atoms with E-state index in [1.165, 1.54) is 0 Å². The first-order valence-electron chi connectivity index (χ1n) is 6.62. The van der Waals surface area contributed by atoms with Gasteiger partial charge in [0.05, 0.1) is 0 Å². The van der Waals surface area contributed by atoms with Crippen molar-refractivity contribution in [3.8, 4) is 0 Å². The summed E-state index contributed by atoms with van der Waals surface area (Å²) in [6.45, 7) is 0. The fourth-order valence-corrected chi connectivity index (χ4v) is 3.30. The minimum atomic E-state index is -1.40. The number of aliphatic hydroxyl groups excluding tert-OH is 4. The number of hydrogen-bond donors (Lipinski definition) is 4. The van der Waals surface area contributed by atoms with Gasteiger partial charge in [-0.25, -0.2) is 0 Å². The maximum absolute atomic E-state index is 9.92. The highest BCUT2D eigenvalue weighted by atomic mass is 16.8. The molecule has 3 aliphatic rings. The molecule has 6 atom stereocenters. The average Bonchev–Trinajstić information content (AvgIpc) is 2.74. The first-order chi connectivity index (χ1) is 8.54. The first kappa shape index (κ1) is 12.8. The third kappa shape index (κ3) is 1.79. The molecule has 3 fully saturated rings. The van der Waals surface area contributed by atoms with E-state index in [9.17, 15) is 20.4 Å². The minimum Gasteiger partial charge on any atom is -0.387 e. The lowest BCUT2D eigenvalue weighted by molar-refractivity contribution is -0.203. The van der Waals surface area contributed by atoms with Crippen LogP contribution in [0.1, 0.15) is 32.1 Å². The standard InChI is InChI=1S/C12H20O6/c13-6-7(14)9(16)11-10(8(6)15)17-12(18-11)4-2-1-3-5-12/h6-11,13-16H,1-5H2/t6-,7-,8+,9+,10-,11-/m1/s1. The summed E-state index contributed by atoms with van der Waals surface area (Å²) in [7, 11) is 0. The predicted molar refractivity (Wildman–Crippen MR) is 59.6 cm³/mol. The molecule has 1 saturated heterocycles. The van der Waals surface area contributed by atoms with Gasteiger partial charge in [0.1, 0.15) is 36.6 Å². The van der Waals surface area contributed by atoms with Crippen LogP contribution in [0.5, 0.6) is 0 Å². The topological polar surface area (TPSA) is 99.4 Å². The Bertz CT molecular complexity index is 292. The summed E-state index contributed by atoms with van der Waals surface area (Å²) < 4.78 is 11.6. The van der Waals surface area contributed by atoms with Crippen LogP contribution >= 0.6 is 0 Å². The van der Waals surface area contributed by atoms with Gasteiger partial charge in [-0.15, -0.1) is 0 Å². The molecule has 3 rings (SSSR count). The Balaban J connectivity index is 1.82. The Hall–Kier alpha value is -0.240. The lowest BCUT2D eigenvalue weighted by Gasteiger charge is -2.38. The van der Waals surface area contributed by atoms with Crippen molar-refractivity contribution >= 4 is 0 Å². The second-order valence-corrected chi connectivity index (χ2v) is 5.60. The molecular weight excluding hydrogens is 240 g/mol. The van der Waals surface area contributed by atoms with Gasteiger partial charge in [0.2, 0.25) is 0 Å². The van der Waals surface area contributed by atoms with Gasteiger partial charge in [-0.1, -0.05) is 6.42 Å². The van der Waals surface area contributed by atoms with Crippen molar-refractivity contribution in [2.24, 2.45) is 0 Å². The molecule has 6 nitrogen and oxygen atoms in total. The molecule has 0 amide bonds. The highest BCUT2D eigenvalue weighted by Crippen LogP contribution is 2.44. The minimum absolute atomic E-state index is 0.728. The lowest BCUT2D eigenvalue weighted by Crippen LogP contribution is -2.62. The van der Waals surface area contributed by atoms with Crippen LogP contribution in [-0.4, -0.2) is 62.8 Å². The maximum atomic E-state index is 9.92. The summed E-state index contributed by atoms with van der Waals surface area (Å²) in [4.78, 5) is 0. The van der Waals surface area contributed by atoms with E-state index in [1.807, 2.05) is 0 Å². The largest absolute Gasteiger partial charge is 0.387 e. The van der Waals surface area contributed by atoms with E-state index in [4.69, 9.17) is 9.47 Å². The fraction of sp³-hybridized carbons (Fsp3) is 1.00. The molecule has 6 heteroatoms. The number of hydrogen-bond acceptors (Lipinski definition) is 6. The molecule has 0 aromatic heterocycles. The third-order valence-electron chi connectivity index (χ3n) is 4.36. The summed E-state index contributed by atoms with van der Waals surface area (Å²) in [5.74, 6) is -0.751. The van der Waals surface area contributed by atoms with Gasteiger partial charge < -0.3 is 29.9 Å². The molecule has 104 valence electrons. The predicted octanol–water partition coefficient (Wildman–Crippen LogP) is -1.11. The first-order valence-corrected chi connectivity index (χ1v) is 6.62. The smallest absolute Gasteiger partial charge is 0.169 e. The number of aliphatic hydroxyl groups is 4. The summed E-state index contributed by atoms with van der Waals surface area (Å²) in [5.41, 5.74) is 0. The molecule has 0 unspecified atom stereocenters. The third-order valence-corrected chi connectivity index (χ3v) is 4.36.